The van der Waals surface area contributed by atoms with Crippen molar-refractivity contribution in [1.29, 1.82) is 5.26 Å². The molecule has 1 unspecified atom stereocenters. The van der Waals surface area contributed by atoms with Gasteiger partial charge in [0.25, 0.3) is 0 Å². The molecule has 0 saturated heterocycles. The lowest BCUT2D eigenvalue weighted by Crippen LogP contribution is -2.48. The Labute approximate surface area is 107 Å². The first-order valence-corrected chi connectivity index (χ1v) is 6.02. The van der Waals surface area contributed by atoms with Crippen LogP contribution in [0.15, 0.2) is 30.3 Å². The van der Waals surface area contributed by atoms with E-state index in [2.05, 4.69) is 11.4 Å². The first kappa shape index (κ1) is 12.6. The maximum Gasteiger partial charge on any atom is 0.242 e. The lowest BCUT2D eigenvalue weighted by molar-refractivity contribution is -0.123. The molecule has 1 amide bonds. The van der Waals surface area contributed by atoms with E-state index in [4.69, 9.17) is 10.00 Å². The second-order valence-electron chi connectivity index (χ2n) is 4.51. The molecule has 1 N–H and O–H groups in total. The Balaban J connectivity index is 1.94. The Bertz CT molecular complexity index is 447. The lowest BCUT2D eigenvalue weighted by atomic mass is 9.88. The van der Waals surface area contributed by atoms with Gasteiger partial charge in [-0.3, -0.25) is 4.79 Å². The number of amides is 1. The number of rotatable bonds is 4. The summed E-state index contributed by atoms with van der Waals surface area (Å²) in [7, 11) is 1.67. The number of nitrogens with one attached hydrogen (secondary N) is 1. The van der Waals surface area contributed by atoms with Gasteiger partial charge in [-0.05, 0) is 18.4 Å². The lowest BCUT2D eigenvalue weighted by Gasteiger charge is -2.35. The molecule has 0 aliphatic heterocycles. The summed E-state index contributed by atoms with van der Waals surface area (Å²) in [6.07, 6.45) is 1.90. The summed E-state index contributed by atoms with van der Waals surface area (Å²) in [6.45, 7) is 0. The van der Waals surface area contributed by atoms with Gasteiger partial charge in [-0.2, -0.15) is 5.26 Å². The van der Waals surface area contributed by atoms with Crippen LogP contribution in [0.5, 0.6) is 0 Å². The van der Waals surface area contributed by atoms with Gasteiger partial charge in [-0.15, -0.1) is 0 Å². The van der Waals surface area contributed by atoms with Gasteiger partial charge in [0.2, 0.25) is 5.91 Å². The van der Waals surface area contributed by atoms with E-state index in [1.54, 1.807) is 19.2 Å². The Morgan fingerprint density at radius 1 is 1.44 bits per heavy atom. The smallest absolute Gasteiger partial charge is 0.242 e. The number of carbonyl (C=O) groups is 1. The van der Waals surface area contributed by atoms with E-state index in [9.17, 15) is 4.79 Å². The number of nitriles is 1. The molecule has 1 aromatic rings. The van der Waals surface area contributed by atoms with Crippen molar-refractivity contribution >= 4 is 5.91 Å². The van der Waals surface area contributed by atoms with Crippen LogP contribution in [0.3, 0.4) is 0 Å². The molecule has 1 aromatic carbocycles. The molecule has 0 aromatic heterocycles. The first-order chi connectivity index (χ1) is 8.74. The summed E-state index contributed by atoms with van der Waals surface area (Å²) in [4.78, 5) is 12.0. The average Bonchev–Trinajstić information content (AvgIpc) is 2.35. The predicted molar refractivity (Wildman–Crippen MR) is 66.8 cm³/mol. The van der Waals surface area contributed by atoms with Gasteiger partial charge in [-0.25, -0.2) is 0 Å². The van der Waals surface area contributed by atoms with E-state index in [0.717, 1.165) is 18.4 Å². The summed E-state index contributed by atoms with van der Waals surface area (Å²) in [5.74, 6) is -0.948. The molecule has 18 heavy (non-hydrogen) atoms. The molecule has 0 radical (unpaired) electrons. The second kappa shape index (κ2) is 5.65. The van der Waals surface area contributed by atoms with E-state index in [0.29, 0.717) is 0 Å². The van der Waals surface area contributed by atoms with Crippen LogP contribution in [-0.4, -0.2) is 25.2 Å². The fourth-order valence-corrected chi connectivity index (χ4v) is 2.09. The topological polar surface area (TPSA) is 62.1 Å². The predicted octanol–water partition coefficient (Wildman–Crippen LogP) is 1.59. The first-order valence-electron chi connectivity index (χ1n) is 6.02. The molecule has 1 atom stereocenters. The molecule has 4 nitrogen and oxygen atoms in total. The van der Waals surface area contributed by atoms with Gasteiger partial charge >= 0.3 is 0 Å². The maximum absolute atomic E-state index is 12.0. The molecule has 2 rings (SSSR count). The van der Waals surface area contributed by atoms with E-state index in [1.165, 1.54) is 0 Å². The molecule has 1 fully saturated rings. The summed E-state index contributed by atoms with van der Waals surface area (Å²) in [6, 6.07) is 11.3. The molecular formula is C14H16N2O2. The Kier molecular flexibility index (Phi) is 3.96. The zero-order chi connectivity index (χ0) is 13.0. The zero-order valence-corrected chi connectivity index (χ0v) is 10.3. The minimum absolute atomic E-state index is 0.141. The number of hydrogen-bond acceptors (Lipinski definition) is 3. The fraction of sp³-hybridized carbons (Fsp3) is 0.429. The number of methoxy groups -OCH3 is 1. The van der Waals surface area contributed by atoms with Gasteiger partial charge in [0.15, 0.2) is 0 Å². The van der Waals surface area contributed by atoms with Crippen molar-refractivity contribution in [3.8, 4) is 6.07 Å². The third-order valence-corrected chi connectivity index (χ3v) is 3.30. The Morgan fingerprint density at radius 2 is 2.11 bits per heavy atom. The van der Waals surface area contributed by atoms with Crippen LogP contribution in [-0.2, 0) is 9.53 Å². The standard InChI is InChI=1S/C14H16N2O2/c1-18-12-7-11(8-12)16-14(17)13(9-15)10-5-3-2-4-6-10/h2-6,11-13H,7-8H2,1H3,(H,16,17). The highest BCUT2D eigenvalue weighted by Crippen LogP contribution is 2.24. The molecular weight excluding hydrogens is 228 g/mol. The van der Waals surface area contributed by atoms with Crippen molar-refractivity contribution in [1.82, 2.24) is 5.32 Å². The highest BCUT2D eigenvalue weighted by atomic mass is 16.5. The fourth-order valence-electron chi connectivity index (χ4n) is 2.09. The van der Waals surface area contributed by atoms with Crippen LogP contribution >= 0.6 is 0 Å². The van der Waals surface area contributed by atoms with Crippen LogP contribution in [0.25, 0.3) is 0 Å². The number of ether oxygens (including phenoxy) is 1. The Hall–Kier alpha value is -1.86. The normalized spacial score (nSPS) is 23.6. The largest absolute Gasteiger partial charge is 0.381 e. The van der Waals surface area contributed by atoms with Crippen LogP contribution < -0.4 is 5.32 Å². The molecule has 0 spiro atoms. The van der Waals surface area contributed by atoms with Gasteiger partial charge in [-0.1, -0.05) is 30.3 Å². The van der Waals surface area contributed by atoms with Gasteiger partial charge in [0.05, 0.1) is 12.2 Å². The van der Waals surface area contributed by atoms with Crippen molar-refractivity contribution in [3.05, 3.63) is 35.9 Å². The average molecular weight is 244 g/mol. The summed E-state index contributed by atoms with van der Waals surface area (Å²) in [5.41, 5.74) is 0.736. The molecule has 1 aliphatic carbocycles. The van der Waals surface area contributed by atoms with Crippen molar-refractivity contribution < 1.29 is 9.53 Å². The highest BCUT2D eigenvalue weighted by Gasteiger charge is 2.32. The minimum Gasteiger partial charge on any atom is -0.381 e. The van der Waals surface area contributed by atoms with Crippen LogP contribution in [0.1, 0.15) is 24.3 Å². The monoisotopic (exact) mass is 244 g/mol. The van der Waals surface area contributed by atoms with E-state index < -0.39 is 5.92 Å². The molecule has 4 heteroatoms. The van der Waals surface area contributed by atoms with E-state index >= 15 is 0 Å². The van der Waals surface area contributed by atoms with Crippen LogP contribution in [0.4, 0.5) is 0 Å². The van der Waals surface area contributed by atoms with Gasteiger partial charge in [0, 0.05) is 13.2 Å². The molecule has 1 saturated carbocycles. The van der Waals surface area contributed by atoms with Crippen molar-refractivity contribution in [2.75, 3.05) is 7.11 Å². The number of hydrogen-bond donors (Lipinski definition) is 1. The van der Waals surface area contributed by atoms with Crippen LogP contribution in [0.2, 0.25) is 0 Å². The summed E-state index contributed by atoms with van der Waals surface area (Å²) < 4.78 is 5.15. The molecule has 94 valence electrons. The Morgan fingerprint density at radius 3 is 2.67 bits per heavy atom. The van der Waals surface area contributed by atoms with Gasteiger partial charge < -0.3 is 10.1 Å². The minimum atomic E-state index is -0.729. The number of benzene rings is 1. The summed E-state index contributed by atoms with van der Waals surface area (Å²) in [5, 5.41) is 12.0. The second-order valence-corrected chi connectivity index (χ2v) is 4.51. The van der Waals surface area contributed by atoms with E-state index in [1.807, 2.05) is 18.2 Å². The molecule has 1 aliphatic rings. The molecule has 0 heterocycles. The van der Waals surface area contributed by atoms with E-state index in [-0.39, 0.29) is 18.1 Å². The quantitative estimate of drug-likeness (QED) is 0.874. The SMILES string of the molecule is COC1CC(NC(=O)C(C#N)c2ccccc2)C1. The summed E-state index contributed by atoms with van der Waals surface area (Å²) >= 11 is 0. The highest BCUT2D eigenvalue weighted by molar-refractivity contribution is 5.86. The van der Waals surface area contributed by atoms with Crippen molar-refractivity contribution in [2.45, 2.75) is 30.9 Å². The zero-order valence-electron chi connectivity index (χ0n) is 10.3. The number of carbonyl (C=O) groups excluding carboxylic acids is 1. The number of nitrogens with zero attached hydrogens (tertiary/aromatic N) is 1. The third kappa shape index (κ3) is 2.69. The van der Waals surface area contributed by atoms with Crippen LogP contribution in [0, 0.1) is 11.3 Å². The van der Waals surface area contributed by atoms with Crippen molar-refractivity contribution in [2.24, 2.45) is 0 Å². The van der Waals surface area contributed by atoms with Crippen molar-refractivity contribution in [3.63, 3.8) is 0 Å². The third-order valence-electron chi connectivity index (χ3n) is 3.30. The molecule has 0 bridgehead atoms. The maximum atomic E-state index is 12.0. The van der Waals surface area contributed by atoms with Gasteiger partial charge in [0.1, 0.15) is 5.92 Å².